The zero-order chi connectivity index (χ0) is 10.2. The van der Waals surface area contributed by atoms with Gasteiger partial charge in [0.2, 0.25) is 0 Å². The Hall–Kier alpha value is -1.35. The van der Waals surface area contributed by atoms with Crippen molar-refractivity contribution >= 4 is 6.29 Å². The first-order valence-electron chi connectivity index (χ1n) is 4.51. The first kappa shape index (κ1) is 10.7. The van der Waals surface area contributed by atoms with Crippen molar-refractivity contribution < 1.29 is 14.3 Å². The molecule has 0 unspecified atom stereocenters. The molecule has 3 nitrogen and oxygen atoms in total. The summed E-state index contributed by atoms with van der Waals surface area (Å²) in [5.41, 5.74) is 1.08. The second-order valence-corrected chi connectivity index (χ2v) is 2.86. The number of hydrogen-bond donors (Lipinski definition) is 0. The van der Waals surface area contributed by atoms with Gasteiger partial charge in [-0.05, 0) is 17.7 Å². The van der Waals surface area contributed by atoms with E-state index in [1.807, 2.05) is 24.3 Å². The molecule has 1 rings (SSSR count). The maximum Gasteiger partial charge on any atom is 0.122 e. The van der Waals surface area contributed by atoms with Gasteiger partial charge in [-0.1, -0.05) is 12.1 Å². The van der Waals surface area contributed by atoms with E-state index in [1.54, 1.807) is 7.11 Å². The number of rotatable bonds is 6. The first-order chi connectivity index (χ1) is 6.86. The molecule has 0 N–H and O–H groups in total. The van der Waals surface area contributed by atoms with Crippen LogP contribution in [0.25, 0.3) is 0 Å². The highest BCUT2D eigenvalue weighted by Gasteiger charge is 1.94. The quantitative estimate of drug-likeness (QED) is 0.511. The molecule has 0 aromatic heterocycles. The van der Waals surface area contributed by atoms with Crippen molar-refractivity contribution in [3.63, 3.8) is 0 Å². The van der Waals surface area contributed by atoms with Crippen LogP contribution < -0.4 is 4.74 Å². The lowest BCUT2D eigenvalue weighted by atomic mass is 10.2. The van der Waals surface area contributed by atoms with Crippen LogP contribution in [0.15, 0.2) is 24.3 Å². The summed E-state index contributed by atoms with van der Waals surface area (Å²) in [6, 6.07) is 7.66. The van der Waals surface area contributed by atoms with E-state index in [9.17, 15) is 4.79 Å². The minimum atomic E-state index is 0.455. The summed E-state index contributed by atoms with van der Waals surface area (Å²) in [5.74, 6) is 0.835. The van der Waals surface area contributed by atoms with Gasteiger partial charge < -0.3 is 14.3 Å². The normalized spacial score (nSPS) is 9.79. The molecule has 1 aromatic rings. The zero-order valence-corrected chi connectivity index (χ0v) is 8.23. The number of aldehydes is 1. The molecule has 0 aliphatic carbocycles. The average molecular weight is 194 g/mol. The minimum Gasteiger partial charge on any atom is -0.497 e. The van der Waals surface area contributed by atoms with Gasteiger partial charge >= 0.3 is 0 Å². The molecule has 3 heteroatoms. The van der Waals surface area contributed by atoms with Crippen LogP contribution in [-0.4, -0.2) is 20.0 Å². The van der Waals surface area contributed by atoms with E-state index in [4.69, 9.17) is 9.47 Å². The van der Waals surface area contributed by atoms with E-state index in [-0.39, 0.29) is 0 Å². The third kappa shape index (κ3) is 3.58. The standard InChI is InChI=1S/C11H14O3/c1-13-11-5-3-10(4-6-11)9-14-8-2-7-12/h3-7H,2,8-9H2,1H3. The van der Waals surface area contributed by atoms with Crippen LogP contribution in [0.5, 0.6) is 5.75 Å². The molecule has 0 amide bonds. The van der Waals surface area contributed by atoms with Crippen molar-refractivity contribution in [2.75, 3.05) is 13.7 Å². The fraction of sp³-hybridized carbons (Fsp3) is 0.364. The molecule has 0 bridgehead atoms. The highest BCUT2D eigenvalue weighted by molar-refractivity contribution is 5.49. The Morgan fingerprint density at radius 2 is 2.00 bits per heavy atom. The largest absolute Gasteiger partial charge is 0.497 e. The predicted molar refractivity (Wildman–Crippen MR) is 53.3 cm³/mol. The Balaban J connectivity index is 2.32. The summed E-state index contributed by atoms with van der Waals surface area (Å²) in [5, 5.41) is 0. The van der Waals surface area contributed by atoms with E-state index in [2.05, 4.69) is 0 Å². The number of ether oxygens (including phenoxy) is 2. The van der Waals surface area contributed by atoms with Crippen LogP contribution in [0.1, 0.15) is 12.0 Å². The van der Waals surface area contributed by atoms with Gasteiger partial charge in [-0.3, -0.25) is 0 Å². The second-order valence-electron chi connectivity index (χ2n) is 2.86. The third-order valence-corrected chi connectivity index (χ3v) is 1.81. The highest BCUT2D eigenvalue weighted by Crippen LogP contribution is 2.11. The molecule has 0 saturated heterocycles. The molecular formula is C11H14O3. The van der Waals surface area contributed by atoms with Crippen molar-refractivity contribution in [2.45, 2.75) is 13.0 Å². The topological polar surface area (TPSA) is 35.5 Å². The fourth-order valence-corrected chi connectivity index (χ4v) is 1.04. The van der Waals surface area contributed by atoms with Crippen molar-refractivity contribution in [1.82, 2.24) is 0 Å². The fourth-order valence-electron chi connectivity index (χ4n) is 1.04. The minimum absolute atomic E-state index is 0.455. The van der Waals surface area contributed by atoms with Crippen LogP contribution in [0.2, 0.25) is 0 Å². The number of methoxy groups -OCH3 is 1. The molecule has 76 valence electrons. The summed E-state index contributed by atoms with van der Waals surface area (Å²) >= 11 is 0. The Morgan fingerprint density at radius 3 is 2.57 bits per heavy atom. The lowest BCUT2D eigenvalue weighted by Gasteiger charge is -2.03. The molecule has 0 atom stereocenters. The van der Waals surface area contributed by atoms with Crippen molar-refractivity contribution in [2.24, 2.45) is 0 Å². The third-order valence-electron chi connectivity index (χ3n) is 1.81. The van der Waals surface area contributed by atoms with Gasteiger partial charge in [0.05, 0.1) is 20.3 Å². The van der Waals surface area contributed by atoms with Gasteiger partial charge in [0.1, 0.15) is 12.0 Å². The van der Waals surface area contributed by atoms with Gasteiger partial charge in [-0.15, -0.1) is 0 Å². The van der Waals surface area contributed by atoms with Crippen molar-refractivity contribution in [1.29, 1.82) is 0 Å². The molecule has 0 aliphatic heterocycles. The SMILES string of the molecule is COc1ccc(COCCC=O)cc1. The van der Waals surface area contributed by atoms with Gasteiger partial charge in [0.15, 0.2) is 0 Å². The Labute approximate surface area is 83.6 Å². The lowest BCUT2D eigenvalue weighted by Crippen LogP contribution is -1.95. The number of benzene rings is 1. The maximum absolute atomic E-state index is 10.0. The van der Waals surface area contributed by atoms with Gasteiger partial charge in [0.25, 0.3) is 0 Å². The molecule has 0 heterocycles. The lowest BCUT2D eigenvalue weighted by molar-refractivity contribution is -0.108. The van der Waals surface area contributed by atoms with E-state index >= 15 is 0 Å². The monoisotopic (exact) mass is 194 g/mol. The molecule has 0 aliphatic rings. The van der Waals surface area contributed by atoms with Gasteiger partial charge in [0, 0.05) is 6.42 Å². The molecule has 0 saturated carbocycles. The number of carbonyl (C=O) groups excluding carboxylic acids is 1. The number of carbonyl (C=O) groups is 1. The smallest absolute Gasteiger partial charge is 0.122 e. The maximum atomic E-state index is 10.0. The molecule has 1 aromatic carbocycles. The summed E-state index contributed by atoms with van der Waals surface area (Å²) in [4.78, 5) is 10.0. The van der Waals surface area contributed by atoms with Gasteiger partial charge in [-0.2, -0.15) is 0 Å². The predicted octanol–water partition coefficient (Wildman–Crippen LogP) is 1.80. The van der Waals surface area contributed by atoms with Crippen LogP contribution >= 0.6 is 0 Å². The number of hydrogen-bond acceptors (Lipinski definition) is 3. The first-order valence-corrected chi connectivity index (χ1v) is 4.51. The van der Waals surface area contributed by atoms with Crippen molar-refractivity contribution in [3.05, 3.63) is 29.8 Å². The van der Waals surface area contributed by atoms with E-state index in [0.717, 1.165) is 17.6 Å². The van der Waals surface area contributed by atoms with Gasteiger partial charge in [-0.25, -0.2) is 0 Å². The van der Waals surface area contributed by atoms with E-state index in [1.165, 1.54) is 0 Å². The van der Waals surface area contributed by atoms with E-state index in [0.29, 0.717) is 19.6 Å². The van der Waals surface area contributed by atoms with Crippen LogP contribution in [0.3, 0.4) is 0 Å². The van der Waals surface area contributed by atoms with E-state index < -0.39 is 0 Å². The summed E-state index contributed by atoms with van der Waals surface area (Å²) in [6.07, 6.45) is 1.31. The molecule has 0 radical (unpaired) electrons. The summed E-state index contributed by atoms with van der Waals surface area (Å²) in [6.45, 7) is 1.02. The summed E-state index contributed by atoms with van der Waals surface area (Å²) < 4.78 is 10.3. The zero-order valence-electron chi connectivity index (χ0n) is 8.23. The Kier molecular flexibility index (Phi) is 4.72. The van der Waals surface area contributed by atoms with Crippen LogP contribution in [-0.2, 0) is 16.1 Å². The van der Waals surface area contributed by atoms with Crippen molar-refractivity contribution in [3.8, 4) is 5.75 Å². The van der Waals surface area contributed by atoms with Crippen LogP contribution in [0.4, 0.5) is 0 Å². The average Bonchev–Trinajstić information content (AvgIpc) is 2.25. The molecular weight excluding hydrogens is 180 g/mol. The Bertz CT molecular complexity index is 266. The molecule has 0 fully saturated rings. The molecule has 0 spiro atoms. The highest BCUT2D eigenvalue weighted by atomic mass is 16.5. The van der Waals surface area contributed by atoms with Crippen LogP contribution in [0, 0.1) is 0 Å². The molecule has 14 heavy (non-hydrogen) atoms. The second kappa shape index (κ2) is 6.16. The Morgan fingerprint density at radius 1 is 1.29 bits per heavy atom. The summed E-state index contributed by atoms with van der Waals surface area (Å²) in [7, 11) is 1.63.